The van der Waals surface area contributed by atoms with Crippen molar-refractivity contribution in [2.75, 3.05) is 26.8 Å². The summed E-state index contributed by atoms with van der Waals surface area (Å²) in [5.41, 5.74) is 2.06. The molecule has 2 rings (SSSR count). The number of hydrogen-bond donors (Lipinski definition) is 1. The molecule has 0 bridgehead atoms. The Bertz CT molecular complexity index is 387. The second kappa shape index (κ2) is 6.16. The summed E-state index contributed by atoms with van der Waals surface area (Å²) in [6, 6.07) is 3.95. The Morgan fingerprint density at radius 1 is 1.39 bits per heavy atom. The van der Waals surface area contributed by atoms with E-state index in [-0.39, 0.29) is 0 Å². The molecule has 18 heavy (non-hydrogen) atoms. The fraction of sp³-hybridized carbons (Fsp3) is 0.643. The molecule has 2 heterocycles. The molecule has 1 N–H and O–H groups in total. The van der Waals surface area contributed by atoms with Crippen LogP contribution in [0.25, 0.3) is 0 Å². The lowest BCUT2D eigenvalue weighted by molar-refractivity contribution is 0.126. The number of piperidine rings is 1. The van der Waals surface area contributed by atoms with Crippen molar-refractivity contribution < 1.29 is 9.84 Å². The molecule has 0 aromatic carbocycles. The van der Waals surface area contributed by atoms with Gasteiger partial charge in [-0.1, -0.05) is 0 Å². The maximum absolute atomic E-state index is 9.12. The summed E-state index contributed by atoms with van der Waals surface area (Å²) in [5, 5.41) is 9.12. The predicted molar refractivity (Wildman–Crippen MR) is 70.6 cm³/mol. The molecule has 0 amide bonds. The van der Waals surface area contributed by atoms with Gasteiger partial charge in [-0.05, 0) is 38.8 Å². The van der Waals surface area contributed by atoms with Crippen LogP contribution in [0.5, 0.6) is 5.75 Å². The molecule has 1 aliphatic rings. The molecule has 1 fully saturated rings. The number of likely N-dealkylation sites (tertiary alicyclic amines) is 1. The van der Waals surface area contributed by atoms with Crippen molar-refractivity contribution in [3.8, 4) is 5.75 Å². The SMILES string of the molecule is COc1cc(C)nc(CN2CCC(CO)CC2)c1. The van der Waals surface area contributed by atoms with Crippen molar-refractivity contribution in [3.63, 3.8) is 0 Å². The van der Waals surface area contributed by atoms with Crippen molar-refractivity contribution in [2.24, 2.45) is 5.92 Å². The summed E-state index contributed by atoms with van der Waals surface area (Å²) in [6.07, 6.45) is 2.17. The molecule has 0 spiro atoms. The number of pyridine rings is 1. The van der Waals surface area contributed by atoms with E-state index < -0.39 is 0 Å². The van der Waals surface area contributed by atoms with Gasteiger partial charge in [0, 0.05) is 31.0 Å². The number of aryl methyl sites for hydroxylation is 1. The zero-order valence-corrected chi connectivity index (χ0v) is 11.2. The average molecular weight is 250 g/mol. The highest BCUT2D eigenvalue weighted by atomic mass is 16.5. The number of aliphatic hydroxyl groups is 1. The summed E-state index contributed by atoms with van der Waals surface area (Å²) >= 11 is 0. The van der Waals surface area contributed by atoms with Crippen LogP contribution in [0.3, 0.4) is 0 Å². The molecule has 1 aromatic heterocycles. The van der Waals surface area contributed by atoms with Gasteiger partial charge in [-0.25, -0.2) is 0 Å². The van der Waals surface area contributed by atoms with Crippen molar-refractivity contribution in [3.05, 3.63) is 23.5 Å². The Labute approximate surface area is 109 Å². The second-order valence-corrected chi connectivity index (χ2v) is 5.04. The molecule has 4 nitrogen and oxygen atoms in total. The standard InChI is InChI=1S/C14H22N2O2/c1-11-7-14(18-2)8-13(15-11)9-16-5-3-12(10-17)4-6-16/h7-8,12,17H,3-6,9-10H2,1-2H3. The molecule has 4 heteroatoms. The first-order valence-corrected chi connectivity index (χ1v) is 6.56. The Kier molecular flexibility index (Phi) is 4.55. The number of hydrogen-bond acceptors (Lipinski definition) is 4. The number of methoxy groups -OCH3 is 1. The topological polar surface area (TPSA) is 45.6 Å². The van der Waals surface area contributed by atoms with Crippen molar-refractivity contribution >= 4 is 0 Å². The molecule has 0 atom stereocenters. The van der Waals surface area contributed by atoms with Crippen LogP contribution in [0.15, 0.2) is 12.1 Å². The van der Waals surface area contributed by atoms with E-state index in [2.05, 4.69) is 9.88 Å². The maximum Gasteiger partial charge on any atom is 0.122 e. The van der Waals surface area contributed by atoms with Crippen LogP contribution in [0.2, 0.25) is 0 Å². The molecule has 1 aromatic rings. The van der Waals surface area contributed by atoms with Gasteiger partial charge in [0.25, 0.3) is 0 Å². The fourth-order valence-corrected chi connectivity index (χ4v) is 2.46. The van der Waals surface area contributed by atoms with Crippen LogP contribution in [0.4, 0.5) is 0 Å². The van der Waals surface area contributed by atoms with Gasteiger partial charge in [0.05, 0.1) is 12.8 Å². The third-order valence-corrected chi connectivity index (χ3v) is 3.57. The van der Waals surface area contributed by atoms with Gasteiger partial charge in [0.1, 0.15) is 5.75 Å². The lowest BCUT2D eigenvalue weighted by Crippen LogP contribution is -2.34. The van der Waals surface area contributed by atoms with Crippen LogP contribution in [-0.2, 0) is 6.54 Å². The molecule has 1 aliphatic heterocycles. The Morgan fingerprint density at radius 2 is 2.11 bits per heavy atom. The minimum Gasteiger partial charge on any atom is -0.497 e. The summed E-state index contributed by atoms with van der Waals surface area (Å²) in [6.45, 7) is 5.27. The number of aromatic nitrogens is 1. The van der Waals surface area contributed by atoms with Crippen LogP contribution in [0.1, 0.15) is 24.2 Å². The van der Waals surface area contributed by atoms with Gasteiger partial charge in [-0.2, -0.15) is 0 Å². The highest BCUT2D eigenvalue weighted by molar-refractivity contribution is 5.26. The molecule has 0 aliphatic carbocycles. The van der Waals surface area contributed by atoms with Gasteiger partial charge < -0.3 is 9.84 Å². The van der Waals surface area contributed by atoms with Gasteiger partial charge in [-0.15, -0.1) is 0 Å². The van der Waals surface area contributed by atoms with Gasteiger partial charge >= 0.3 is 0 Å². The largest absolute Gasteiger partial charge is 0.497 e. The highest BCUT2D eigenvalue weighted by Gasteiger charge is 2.18. The van der Waals surface area contributed by atoms with Crippen molar-refractivity contribution in [2.45, 2.75) is 26.3 Å². The van der Waals surface area contributed by atoms with Crippen LogP contribution in [0, 0.1) is 12.8 Å². The lowest BCUT2D eigenvalue weighted by atomic mass is 9.98. The second-order valence-electron chi connectivity index (χ2n) is 5.04. The van der Waals surface area contributed by atoms with Gasteiger partial charge in [0.15, 0.2) is 0 Å². The summed E-state index contributed by atoms with van der Waals surface area (Å²) < 4.78 is 5.27. The number of rotatable bonds is 4. The molecule has 100 valence electrons. The van der Waals surface area contributed by atoms with Crippen LogP contribution < -0.4 is 4.74 Å². The van der Waals surface area contributed by atoms with Crippen molar-refractivity contribution in [1.82, 2.24) is 9.88 Å². The molecule has 0 radical (unpaired) electrons. The zero-order valence-electron chi connectivity index (χ0n) is 11.2. The van der Waals surface area contributed by atoms with Gasteiger partial charge in [-0.3, -0.25) is 9.88 Å². The van der Waals surface area contributed by atoms with Crippen molar-refractivity contribution in [1.29, 1.82) is 0 Å². The van der Waals surface area contributed by atoms with E-state index >= 15 is 0 Å². The predicted octanol–water partition coefficient (Wildman–Crippen LogP) is 1.60. The number of nitrogens with zero attached hydrogens (tertiary/aromatic N) is 2. The van der Waals surface area contributed by atoms with E-state index in [0.29, 0.717) is 12.5 Å². The first-order valence-electron chi connectivity index (χ1n) is 6.56. The number of aliphatic hydroxyl groups excluding tert-OH is 1. The minimum atomic E-state index is 0.324. The normalized spacial score (nSPS) is 17.9. The first-order chi connectivity index (χ1) is 8.71. The third-order valence-electron chi connectivity index (χ3n) is 3.57. The highest BCUT2D eigenvalue weighted by Crippen LogP contribution is 2.20. The number of ether oxygens (including phenoxy) is 1. The molecule has 1 saturated heterocycles. The van der Waals surface area contributed by atoms with Crippen LogP contribution in [-0.4, -0.2) is 41.8 Å². The molecule has 0 unspecified atom stereocenters. The van der Waals surface area contributed by atoms with Gasteiger partial charge in [0.2, 0.25) is 0 Å². The van der Waals surface area contributed by atoms with E-state index in [1.807, 2.05) is 19.1 Å². The summed E-state index contributed by atoms with van der Waals surface area (Å²) in [7, 11) is 1.69. The molecule has 0 saturated carbocycles. The van der Waals surface area contributed by atoms with Crippen LogP contribution >= 0.6 is 0 Å². The summed E-state index contributed by atoms with van der Waals surface area (Å²) in [4.78, 5) is 6.94. The quantitative estimate of drug-likeness (QED) is 0.881. The molecular formula is C14H22N2O2. The Balaban J connectivity index is 1.95. The van der Waals surface area contributed by atoms with E-state index in [1.54, 1.807) is 7.11 Å². The van der Waals surface area contributed by atoms with E-state index in [0.717, 1.165) is 49.6 Å². The van der Waals surface area contributed by atoms with E-state index in [9.17, 15) is 0 Å². The Hall–Kier alpha value is -1.13. The van der Waals surface area contributed by atoms with E-state index in [4.69, 9.17) is 9.84 Å². The maximum atomic E-state index is 9.12. The van der Waals surface area contributed by atoms with E-state index in [1.165, 1.54) is 0 Å². The average Bonchev–Trinajstić information content (AvgIpc) is 2.39. The zero-order chi connectivity index (χ0) is 13.0. The summed E-state index contributed by atoms with van der Waals surface area (Å²) in [5.74, 6) is 1.36. The minimum absolute atomic E-state index is 0.324. The lowest BCUT2D eigenvalue weighted by Gasteiger charge is -2.30. The third kappa shape index (κ3) is 3.43. The smallest absolute Gasteiger partial charge is 0.122 e. The Morgan fingerprint density at radius 3 is 2.72 bits per heavy atom. The molecular weight excluding hydrogens is 228 g/mol. The first kappa shape index (κ1) is 13.3. The monoisotopic (exact) mass is 250 g/mol. The fourth-order valence-electron chi connectivity index (χ4n) is 2.46.